The second-order valence-electron chi connectivity index (χ2n) is 7.05. The van der Waals surface area contributed by atoms with Crippen LogP contribution in [0, 0.1) is 0 Å². The zero-order valence-corrected chi connectivity index (χ0v) is 17.9. The van der Waals surface area contributed by atoms with E-state index >= 15 is 0 Å². The number of anilines is 2. The summed E-state index contributed by atoms with van der Waals surface area (Å²) in [6, 6.07) is 10.3. The molecule has 0 saturated carbocycles. The van der Waals surface area contributed by atoms with Crippen molar-refractivity contribution in [3.63, 3.8) is 0 Å². The molecule has 1 aromatic carbocycles. The van der Waals surface area contributed by atoms with Crippen LogP contribution < -0.4 is 10.2 Å². The summed E-state index contributed by atoms with van der Waals surface area (Å²) in [5.41, 5.74) is 1.03. The van der Waals surface area contributed by atoms with Crippen molar-refractivity contribution in [1.82, 2.24) is 14.8 Å². The van der Waals surface area contributed by atoms with Crippen molar-refractivity contribution in [2.24, 2.45) is 0 Å². The first-order chi connectivity index (χ1) is 15.1. The van der Waals surface area contributed by atoms with E-state index in [-0.39, 0.29) is 11.7 Å². The third-order valence-corrected chi connectivity index (χ3v) is 5.87. The standard InChI is InChI=1S/C21H23N5O4S/c1-29-19(28)15-6-8-16(9-7-15)22-18(27)14-31-21-24-23-20(25-10-2-3-11-25)26(21)13-17-5-4-12-30-17/h4-9,12H,2-3,10-11,13-14H2,1H3,(H,22,27). The summed E-state index contributed by atoms with van der Waals surface area (Å²) in [7, 11) is 1.33. The van der Waals surface area contributed by atoms with Gasteiger partial charge in [0.15, 0.2) is 5.16 Å². The first-order valence-electron chi connectivity index (χ1n) is 9.95. The van der Waals surface area contributed by atoms with Crippen molar-refractivity contribution in [3.05, 3.63) is 54.0 Å². The molecule has 1 N–H and O–H groups in total. The molecule has 1 saturated heterocycles. The van der Waals surface area contributed by atoms with Gasteiger partial charge < -0.3 is 19.4 Å². The quantitative estimate of drug-likeness (QED) is 0.420. The second-order valence-corrected chi connectivity index (χ2v) is 7.99. The van der Waals surface area contributed by atoms with Crippen molar-refractivity contribution in [3.8, 4) is 0 Å². The number of amides is 1. The van der Waals surface area contributed by atoms with Crippen molar-refractivity contribution < 1.29 is 18.7 Å². The Hall–Kier alpha value is -3.27. The molecule has 1 fully saturated rings. The Morgan fingerprint density at radius 2 is 1.94 bits per heavy atom. The number of thioether (sulfide) groups is 1. The molecule has 0 atom stereocenters. The molecule has 9 nitrogen and oxygen atoms in total. The number of carbonyl (C=O) groups excluding carboxylic acids is 2. The maximum absolute atomic E-state index is 12.4. The monoisotopic (exact) mass is 441 g/mol. The van der Waals surface area contributed by atoms with Crippen molar-refractivity contribution in [2.45, 2.75) is 24.5 Å². The van der Waals surface area contributed by atoms with Gasteiger partial charge in [-0.05, 0) is 49.2 Å². The molecule has 1 aliphatic rings. The summed E-state index contributed by atoms with van der Waals surface area (Å²) < 4.78 is 12.2. The first-order valence-corrected chi connectivity index (χ1v) is 10.9. The number of aromatic nitrogens is 3. The van der Waals surface area contributed by atoms with Gasteiger partial charge >= 0.3 is 5.97 Å². The highest BCUT2D eigenvalue weighted by atomic mass is 32.2. The Bertz CT molecular complexity index is 1030. The highest BCUT2D eigenvalue weighted by Gasteiger charge is 2.22. The maximum atomic E-state index is 12.4. The predicted octanol–water partition coefficient (Wildman–Crippen LogP) is 3.04. The third-order valence-electron chi connectivity index (χ3n) is 4.90. The zero-order valence-electron chi connectivity index (χ0n) is 17.1. The number of esters is 1. The molecular formula is C21H23N5O4S. The van der Waals surface area contributed by atoms with Gasteiger partial charge in [-0.3, -0.25) is 9.36 Å². The van der Waals surface area contributed by atoms with E-state index in [1.165, 1.54) is 18.9 Å². The molecule has 4 rings (SSSR count). The number of ether oxygens (including phenoxy) is 1. The summed E-state index contributed by atoms with van der Waals surface area (Å²) in [5, 5.41) is 12.2. The Morgan fingerprint density at radius 3 is 2.61 bits per heavy atom. The van der Waals surface area contributed by atoms with E-state index in [4.69, 9.17) is 4.42 Å². The minimum atomic E-state index is -0.418. The molecular weight excluding hydrogens is 418 g/mol. The van der Waals surface area contributed by atoms with Crippen LogP contribution >= 0.6 is 11.8 Å². The van der Waals surface area contributed by atoms with Gasteiger partial charge in [0.2, 0.25) is 11.9 Å². The first kappa shape index (κ1) is 21.0. The van der Waals surface area contributed by atoms with Crippen LogP contribution in [-0.2, 0) is 16.1 Å². The lowest BCUT2D eigenvalue weighted by molar-refractivity contribution is -0.113. The SMILES string of the molecule is COC(=O)c1ccc(NC(=O)CSc2nnc(N3CCCC3)n2Cc2ccco2)cc1. The minimum Gasteiger partial charge on any atom is -0.467 e. The molecule has 10 heteroatoms. The Kier molecular flexibility index (Phi) is 6.56. The smallest absolute Gasteiger partial charge is 0.337 e. The molecule has 0 spiro atoms. The summed E-state index contributed by atoms with van der Waals surface area (Å²) in [6.07, 6.45) is 3.90. The van der Waals surface area contributed by atoms with Crippen LogP contribution in [0.1, 0.15) is 29.0 Å². The molecule has 0 unspecified atom stereocenters. The lowest BCUT2D eigenvalue weighted by Gasteiger charge is -2.17. The molecule has 3 heterocycles. The van der Waals surface area contributed by atoms with Gasteiger partial charge in [0.25, 0.3) is 0 Å². The fourth-order valence-electron chi connectivity index (χ4n) is 3.37. The maximum Gasteiger partial charge on any atom is 0.337 e. The molecule has 0 bridgehead atoms. The number of carbonyl (C=O) groups is 2. The molecule has 31 heavy (non-hydrogen) atoms. The second kappa shape index (κ2) is 9.69. The average molecular weight is 442 g/mol. The van der Waals surface area contributed by atoms with Crippen LogP contribution in [0.5, 0.6) is 0 Å². The topological polar surface area (TPSA) is 102 Å². The van der Waals surface area contributed by atoms with E-state index in [1.54, 1.807) is 30.5 Å². The van der Waals surface area contributed by atoms with Gasteiger partial charge in [0.1, 0.15) is 5.76 Å². The Morgan fingerprint density at radius 1 is 1.16 bits per heavy atom. The van der Waals surface area contributed by atoms with Gasteiger partial charge in [-0.2, -0.15) is 0 Å². The van der Waals surface area contributed by atoms with Gasteiger partial charge in [-0.15, -0.1) is 10.2 Å². The number of furan rings is 1. The predicted molar refractivity (Wildman–Crippen MR) is 116 cm³/mol. The molecule has 0 radical (unpaired) electrons. The van der Waals surface area contributed by atoms with Crippen LogP contribution in [0.2, 0.25) is 0 Å². The molecule has 0 aliphatic carbocycles. The van der Waals surface area contributed by atoms with Gasteiger partial charge in [0.05, 0.1) is 31.2 Å². The van der Waals surface area contributed by atoms with E-state index in [2.05, 4.69) is 25.2 Å². The summed E-state index contributed by atoms with van der Waals surface area (Å²) >= 11 is 1.32. The summed E-state index contributed by atoms with van der Waals surface area (Å²) in [6.45, 7) is 2.40. The fourth-order valence-corrected chi connectivity index (χ4v) is 4.10. The number of nitrogens with zero attached hydrogens (tertiary/aromatic N) is 4. The lowest BCUT2D eigenvalue weighted by atomic mass is 10.2. The van der Waals surface area contributed by atoms with E-state index in [0.717, 1.165) is 37.6 Å². The molecule has 2 aromatic heterocycles. The van der Waals surface area contributed by atoms with Crippen LogP contribution in [0.4, 0.5) is 11.6 Å². The average Bonchev–Trinajstić information content (AvgIpc) is 3.55. The number of nitrogens with one attached hydrogen (secondary N) is 1. The van der Waals surface area contributed by atoms with Gasteiger partial charge in [-0.25, -0.2) is 4.79 Å². The zero-order chi connectivity index (χ0) is 21.6. The van der Waals surface area contributed by atoms with Gasteiger partial charge in [-0.1, -0.05) is 11.8 Å². The molecule has 1 aliphatic heterocycles. The van der Waals surface area contributed by atoms with E-state index in [9.17, 15) is 9.59 Å². The van der Waals surface area contributed by atoms with E-state index in [0.29, 0.717) is 23.0 Å². The van der Waals surface area contributed by atoms with Gasteiger partial charge in [0, 0.05) is 18.8 Å². The third kappa shape index (κ3) is 5.08. The number of rotatable bonds is 8. The van der Waals surface area contributed by atoms with Crippen molar-refractivity contribution in [1.29, 1.82) is 0 Å². The highest BCUT2D eigenvalue weighted by molar-refractivity contribution is 7.99. The number of methoxy groups -OCH3 is 1. The number of hydrogen-bond donors (Lipinski definition) is 1. The van der Waals surface area contributed by atoms with E-state index < -0.39 is 5.97 Å². The number of benzene rings is 1. The molecule has 1 amide bonds. The number of hydrogen-bond acceptors (Lipinski definition) is 8. The minimum absolute atomic E-state index is 0.175. The molecule has 3 aromatic rings. The fraction of sp³-hybridized carbons (Fsp3) is 0.333. The highest BCUT2D eigenvalue weighted by Crippen LogP contribution is 2.26. The summed E-state index contributed by atoms with van der Waals surface area (Å²) in [5.74, 6) is 1.19. The van der Waals surface area contributed by atoms with Crippen LogP contribution in [-0.4, -0.2) is 52.6 Å². The molecule has 162 valence electrons. The van der Waals surface area contributed by atoms with Crippen molar-refractivity contribution in [2.75, 3.05) is 36.2 Å². The van der Waals surface area contributed by atoms with E-state index in [1.807, 2.05) is 16.7 Å². The normalized spacial score (nSPS) is 13.4. The summed E-state index contributed by atoms with van der Waals surface area (Å²) in [4.78, 5) is 26.2. The van der Waals surface area contributed by atoms with Crippen LogP contribution in [0.15, 0.2) is 52.2 Å². The lowest BCUT2D eigenvalue weighted by Crippen LogP contribution is -2.22. The largest absolute Gasteiger partial charge is 0.467 e. The van der Waals surface area contributed by atoms with Crippen LogP contribution in [0.3, 0.4) is 0 Å². The van der Waals surface area contributed by atoms with Crippen molar-refractivity contribution >= 4 is 35.3 Å². The van der Waals surface area contributed by atoms with Crippen LogP contribution in [0.25, 0.3) is 0 Å². The Labute approximate surface area is 183 Å². The Balaban J connectivity index is 1.41.